The zero-order valence-corrected chi connectivity index (χ0v) is 11.5. The average Bonchev–Trinajstić information content (AvgIpc) is 3.00. The van der Waals surface area contributed by atoms with Crippen LogP contribution in [0.4, 0.5) is 0 Å². The molecule has 4 rings (SSSR count). The number of hydrogen-bond donors (Lipinski definition) is 1. The van der Waals surface area contributed by atoms with Crippen LogP contribution in [0.2, 0.25) is 0 Å². The molecule has 1 N–H and O–H groups in total. The van der Waals surface area contributed by atoms with E-state index in [1.807, 2.05) is 30.3 Å². The summed E-state index contributed by atoms with van der Waals surface area (Å²) < 4.78 is 5.17. The van der Waals surface area contributed by atoms with Gasteiger partial charge < -0.3 is 10.1 Å². The van der Waals surface area contributed by atoms with Gasteiger partial charge in [0.2, 0.25) is 0 Å². The molecule has 5 nitrogen and oxygen atoms in total. The van der Waals surface area contributed by atoms with Crippen LogP contribution in [0.1, 0.15) is 12.0 Å². The summed E-state index contributed by atoms with van der Waals surface area (Å²) in [6, 6.07) is 7.61. The second-order valence-electron chi connectivity index (χ2n) is 5.17. The minimum absolute atomic E-state index is 0.190. The molecule has 21 heavy (non-hydrogen) atoms. The molecule has 0 radical (unpaired) electrons. The van der Waals surface area contributed by atoms with Gasteiger partial charge in [0, 0.05) is 18.5 Å². The maximum Gasteiger partial charge on any atom is 0.272 e. The molecule has 3 aliphatic rings. The fourth-order valence-electron chi connectivity index (χ4n) is 2.59. The molecule has 0 aromatic heterocycles. The number of benzene rings is 1. The topological polar surface area (TPSA) is 63.0 Å². The van der Waals surface area contributed by atoms with E-state index in [2.05, 4.69) is 15.5 Å². The highest BCUT2D eigenvalue weighted by Gasteiger charge is 2.39. The number of nitrogens with zero attached hydrogens (tertiary/aromatic N) is 2. The zero-order valence-electron chi connectivity index (χ0n) is 11.5. The Hall–Kier alpha value is -2.69. The largest absolute Gasteiger partial charge is 0.497 e. The van der Waals surface area contributed by atoms with Gasteiger partial charge in [0.1, 0.15) is 5.75 Å². The van der Waals surface area contributed by atoms with Crippen LogP contribution in [-0.2, 0) is 11.3 Å². The Morgan fingerprint density at radius 1 is 1.38 bits per heavy atom. The molecular formula is C16H13N3O2. The number of amides is 1. The molecule has 1 amide bonds. The molecule has 104 valence electrons. The van der Waals surface area contributed by atoms with E-state index in [-0.39, 0.29) is 5.91 Å². The van der Waals surface area contributed by atoms with E-state index in [9.17, 15) is 4.79 Å². The highest BCUT2D eigenvalue weighted by atomic mass is 16.5. The summed E-state index contributed by atoms with van der Waals surface area (Å²) in [4.78, 5) is 12.2. The Kier molecular flexibility index (Phi) is 2.54. The van der Waals surface area contributed by atoms with Crippen molar-refractivity contribution in [1.29, 1.82) is 0 Å². The van der Waals surface area contributed by atoms with Crippen molar-refractivity contribution in [2.45, 2.75) is 13.0 Å². The highest BCUT2D eigenvalue weighted by molar-refractivity contribution is 6.56. The number of allylic oxidation sites excluding steroid dienone is 3. The molecule has 1 aliphatic heterocycles. The molecule has 1 aromatic rings. The van der Waals surface area contributed by atoms with Gasteiger partial charge in [0.15, 0.2) is 5.71 Å². The predicted octanol–water partition coefficient (Wildman–Crippen LogP) is 1.76. The number of ether oxygens (including phenoxy) is 1. The van der Waals surface area contributed by atoms with Crippen molar-refractivity contribution in [2.75, 3.05) is 7.11 Å². The SMILES string of the molecule is COc1cccc(CNC(=O)C2=NN=C3C2=CC2=C3C2)c1. The summed E-state index contributed by atoms with van der Waals surface area (Å²) >= 11 is 0. The van der Waals surface area contributed by atoms with Gasteiger partial charge in [-0.05, 0) is 34.9 Å². The Bertz CT molecular complexity index is 784. The molecule has 1 heterocycles. The van der Waals surface area contributed by atoms with Crippen LogP contribution in [0.5, 0.6) is 5.75 Å². The predicted molar refractivity (Wildman–Crippen MR) is 79.4 cm³/mol. The van der Waals surface area contributed by atoms with Crippen LogP contribution < -0.4 is 10.1 Å². The Morgan fingerprint density at radius 2 is 2.29 bits per heavy atom. The number of fused-ring (bicyclic) bond motifs is 2. The molecule has 0 saturated carbocycles. The molecule has 1 aromatic carbocycles. The molecular weight excluding hydrogens is 266 g/mol. The van der Waals surface area contributed by atoms with E-state index in [0.29, 0.717) is 12.3 Å². The summed E-state index contributed by atoms with van der Waals surface area (Å²) in [5.41, 5.74) is 5.68. The van der Waals surface area contributed by atoms with Crippen LogP contribution >= 0.6 is 0 Å². The third kappa shape index (κ3) is 1.98. The third-order valence-corrected chi connectivity index (χ3v) is 3.80. The lowest BCUT2D eigenvalue weighted by Gasteiger charge is -2.07. The summed E-state index contributed by atoms with van der Waals surface area (Å²) in [5.74, 6) is 0.585. The normalized spacial score (nSPS) is 17.7. The molecule has 0 bridgehead atoms. The second kappa shape index (κ2) is 4.41. The molecule has 0 spiro atoms. The third-order valence-electron chi connectivity index (χ3n) is 3.80. The maximum atomic E-state index is 12.2. The van der Waals surface area contributed by atoms with Gasteiger partial charge in [-0.1, -0.05) is 12.1 Å². The van der Waals surface area contributed by atoms with Crippen molar-refractivity contribution in [1.82, 2.24) is 5.32 Å². The van der Waals surface area contributed by atoms with E-state index >= 15 is 0 Å². The molecule has 0 saturated heterocycles. The quantitative estimate of drug-likeness (QED) is 0.912. The second-order valence-corrected chi connectivity index (χ2v) is 5.17. The lowest BCUT2D eigenvalue weighted by molar-refractivity contribution is -0.114. The van der Waals surface area contributed by atoms with Gasteiger partial charge >= 0.3 is 0 Å². The Labute approximate surface area is 121 Å². The van der Waals surface area contributed by atoms with Crippen molar-refractivity contribution in [3.05, 3.63) is 52.6 Å². The van der Waals surface area contributed by atoms with Crippen LogP contribution in [0.15, 0.2) is 57.3 Å². The summed E-state index contributed by atoms with van der Waals surface area (Å²) in [6.45, 7) is 0.435. The van der Waals surface area contributed by atoms with Crippen LogP contribution in [0.25, 0.3) is 0 Å². The molecule has 0 unspecified atom stereocenters. The minimum Gasteiger partial charge on any atom is -0.497 e. The first-order valence-electron chi connectivity index (χ1n) is 6.78. The van der Waals surface area contributed by atoms with Gasteiger partial charge in [-0.2, -0.15) is 0 Å². The van der Waals surface area contributed by atoms with Crippen molar-refractivity contribution >= 4 is 17.3 Å². The average molecular weight is 279 g/mol. The van der Waals surface area contributed by atoms with Crippen LogP contribution in [-0.4, -0.2) is 24.4 Å². The van der Waals surface area contributed by atoms with Crippen molar-refractivity contribution in [3.8, 4) is 5.75 Å². The number of hydrogen-bond acceptors (Lipinski definition) is 4. The number of methoxy groups -OCH3 is 1. The van der Waals surface area contributed by atoms with Gasteiger partial charge in [-0.3, -0.25) is 4.79 Å². The lowest BCUT2D eigenvalue weighted by atomic mass is 10.0. The van der Waals surface area contributed by atoms with E-state index < -0.39 is 0 Å². The van der Waals surface area contributed by atoms with E-state index in [1.54, 1.807) is 7.11 Å². The van der Waals surface area contributed by atoms with E-state index in [1.165, 1.54) is 11.1 Å². The standard InChI is InChI=1S/C16H13N3O2/c1-21-11-4-2-3-9(5-11)8-17-16(20)15-13-7-10-6-12(10)14(13)18-19-15/h2-5,7H,6,8H2,1H3,(H,17,20). The molecule has 0 fully saturated rings. The first-order chi connectivity index (χ1) is 10.3. The van der Waals surface area contributed by atoms with E-state index in [4.69, 9.17) is 4.74 Å². The van der Waals surface area contributed by atoms with Crippen molar-refractivity contribution in [3.63, 3.8) is 0 Å². The van der Waals surface area contributed by atoms with Crippen LogP contribution in [0.3, 0.4) is 0 Å². The number of carbonyl (C=O) groups excluding carboxylic acids is 1. The Balaban J connectivity index is 1.42. The first-order valence-corrected chi connectivity index (χ1v) is 6.78. The van der Waals surface area contributed by atoms with Crippen molar-refractivity contribution in [2.24, 2.45) is 10.2 Å². The maximum absolute atomic E-state index is 12.2. The first kappa shape index (κ1) is 12.1. The summed E-state index contributed by atoms with van der Waals surface area (Å²) in [7, 11) is 1.62. The lowest BCUT2D eigenvalue weighted by Crippen LogP contribution is -2.31. The fraction of sp³-hybridized carbons (Fsp3) is 0.188. The molecule has 0 atom stereocenters. The Morgan fingerprint density at radius 3 is 3.14 bits per heavy atom. The number of nitrogens with one attached hydrogen (secondary N) is 1. The van der Waals surface area contributed by atoms with E-state index in [0.717, 1.165) is 29.0 Å². The van der Waals surface area contributed by atoms with Gasteiger partial charge in [-0.25, -0.2) is 0 Å². The molecule has 5 heteroatoms. The van der Waals surface area contributed by atoms with Crippen LogP contribution in [0, 0.1) is 0 Å². The fourth-order valence-corrected chi connectivity index (χ4v) is 2.59. The minimum atomic E-state index is -0.190. The smallest absolute Gasteiger partial charge is 0.272 e. The molecule has 2 aliphatic carbocycles. The van der Waals surface area contributed by atoms with Gasteiger partial charge in [-0.15, -0.1) is 10.2 Å². The summed E-state index contributed by atoms with van der Waals surface area (Å²) in [6.07, 6.45) is 3.02. The van der Waals surface area contributed by atoms with Gasteiger partial charge in [0.05, 0.1) is 12.8 Å². The van der Waals surface area contributed by atoms with Gasteiger partial charge in [0.25, 0.3) is 5.91 Å². The summed E-state index contributed by atoms with van der Waals surface area (Å²) in [5, 5.41) is 11.0. The highest BCUT2D eigenvalue weighted by Crippen LogP contribution is 2.43. The number of rotatable bonds is 4. The zero-order chi connectivity index (χ0) is 14.4. The monoisotopic (exact) mass is 279 g/mol. The van der Waals surface area contributed by atoms with Crippen molar-refractivity contribution < 1.29 is 9.53 Å². The number of carbonyl (C=O) groups is 1.